The molecule has 6 aliphatic rings. The third-order valence-electron chi connectivity index (χ3n) is 16.0. The zero-order valence-corrected chi connectivity index (χ0v) is 33.3. The highest BCUT2D eigenvalue weighted by atomic mass is 16.7. The fourth-order valence-corrected chi connectivity index (χ4v) is 12.8. The summed E-state index contributed by atoms with van der Waals surface area (Å²) in [6, 6.07) is 0. The molecule has 2 heterocycles. The quantitative estimate of drug-likeness (QED) is 0.149. The zero-order valence-electron chi connectivity index (χ0n) is 33.3. The second-order valence-electron chi connectivity index (χ2n) is 19.4. The molecule has 6 rings (SSSR count). The van der Waals surface area contributed by atoms with Crippen LogP contribution < -0.4 is 0 Å². The monoisotopic (exact) mass is 768 g/mol. The van der Waals surface area contributed by atoms with Gasteiger partial charge in [-0.1, -0.05) is 39.3 Å². The molecule has 4 saturated carbocycles. The van der Waals surface area contributed by atoms with Crippen LogP contribution in [0.1, 0.15) is 99.8 Å². The first-order chi connectivity index (χ1) is 25.2. The van der Waals surface area contributed by atoms with Crippen molar-refractivity contribution in [3.63, 3.8) is 0 Å². The van der Waals surface area contributed by atoms with Gasteiger partial charge in [0.2, 0.25) is 0 Å². The summed E-state index contributed by atoms with van der Waals surface area (Å²) in [5.74, 6) is -0.0405. The topological polar surface area (TPSA) is 216 Å². The summed E-state index contributed by atoms with van der Waals surface area (Å²) >= 11 is 0. The number of carbonyl (C=O) groups is 1. The fraction of sp³-hybridized carbons (Fsp3) is 0.927. The van der Waals surface area contributed by atoms with Gasteiger partial charge in [-0.3, -0.25) is 4.79 Å². The van der Waals surface area contributed by atoms with E-state index in [0.717, 1.165) is 31.3 Å². The Morgan fingerprint density at radius 2 is 1.59 bits per heavy atom. The Morgan fingerprint density at radius 3 is 2.24 bits per heavy atom. The van der Waals surface area contributed by atoms with Crippen LogP contribution in [0.4, 0.5) is 0 Å². The number of ether oxygens (including phenoxy) is 4. The number of rotatable bonds is 10. The first-order valence-electron chi connectivity index (χ1n) is 20.2. The summed E-state index contributed by atoms with van der Waals surface area (Å²) in [5, 5.41) is 86.2. The van der Waals surface area contributed by atoms with Crippen LogP contribution >= 0.6 is 0 Å². The first kappa shape index (κ1) is 42.5. The van der Waals surface area contributed by atoms with Crippen molar-refractivity contribution in [3.05, 3.63) is 11.6 Å². The predicted molar refractivity (Wildman–Crippen MR) is 196 cm³/mol. The zero-order chi connectivity index (χ0) is 39.8. The summed E-state index contributed by atoms with van der Waals surface area (Å²) in [4.78, 5) is 13.9. The second-order valence-corrected chi connectivity index (χ2v) is 19.4. The summed E-state index contributed by atoms with van der Waals surface area (Å²) in [6.45, 7) is 13.7. The molecular formula is C41H68O13. The average molecular weight is 769 g/mol. The number of aliphatic hydroxyl groups is 8. The minimum Gasteiger partial charge on any atom is -0.396 e. The molecule has 0 amide bonds. The van der Waals surface area contributed by atoms with Gasteiger partial charge in [-0.2, -0.15) is 0 Å². The average Bonchev–Trinajstić information content (AvgIpc) is 3.40. The van der Waals surface area contributed by atoms with Gasteiger partial charge >= 0.3 is 0 Å². The first-order valence-corrected chi connectivity index (χ1v) is 20.2. The van der Waals surface area contributed by atoms with Crippen molar-refractivity contribution in [2.75, 3.05) is 26.4 Å². The highest BCUT2D eigenvalue weighted by Crippen LogP contribution is 2.75. The minimum absolute atomic E-state index is 0.00599. The standard InChI is InChI=1S/C41H68O13/c1-21(2)10-14-40(7,50)30-22-8-9-28-38(5,39(22,6)16-23(30)44)13-11-27-37(3,4)29(12-15-41(27,28)20-43)54-35-25(17-42)53-36(34(49)33(35)48)52-19-26-32(47)31(46)24(45)18-51-26/h10,22,24-36,42-43,45-50H,8-9,11-20H2,1-7H3. The van der Waals surface area contributed by atoms with E-state index in [1.54, 1.807) is 0 Å². The summed E-state index contributed by atoms with van der Waals surface area (Å²) in [6.07, 6.45) is -4.64. The van der Waals surface area contributed by atoms with Crippen LogP contribution in [0.15, 0.2) is 11.6 Å². The molecule has 8 N–H and O–H groups in total. The Hall–Kier alpha value is -1.07. The maximum Gasteiger partial charge on any atom is 0.186 e. The Labute approximate surface area is 320 Å². The van der Waals surface area contributed by atoms with Crippen LogP contribution in [0, 0.1) is 45.3 Å². The van der Waals surface area contributed by atoms with Gasteiger partial charge in [0.1, 0.15) is 54.6 Å². The molecule has 4 aliphatic carbocycles. The van der Waals surface area contributed by atoms with Crippen molar-refractivity contribution in [2.45, 2.75) is 167 Å². The number of aliphatic hydroxyl groups excluding tert-OH is 7. The number of fused-ring (bicyclic) bond motifs is 5. The summed E-state index contributed by atoms with van der Waals surface area (Å²) in [7, 11) is 0. The van der Waals surface area contributed by atoms with Crippen LogP contribution in [0.5, 0.6) is 0 Å². The lowest BCUT2D eigenvalue weighted by Gasteiger charge is -2.70. The number of ketones is 1. The fourth-order valence-electron chi connectivity index (χ4n) is 12.8. The van der Waals surface area contributed by atoms with Gasteiger partial charge in [-0.25, -0.2) is 0 Å². The maximum atomic E-state index is 13.9. The van der Waals surface area contributed by atoms with E-state index in [1.165, 1.54) is 0 Å². The van der Waals surface area contributed by atoms with Gasteiger partial charge in [0.15, 0.2) is 6.29 Å². The molecule has 2 aliphatic heterocycles. The van der Waals surface area contributed by atoms with Crippen LogP contribution in [-0.4, -0.2) is 140 Å². The maximum absolute atomic E-state index is 13.9. The molecule has 0 aromatic carbocycles. The van der Waals surface area contributed by atoms with E-state index in [-0.39, 0.29) is 54.2 Å². The molecule has 0 radical (unpaired) electrons. The van der Waals surface area contributed by atoms with Crippen molar-refractivity contribution >= 4 is 5.78 Å². The molecule has 310 valence electrons. The number of allylic oxidation sites excluding steroid dienone is 1. The third kappa shape index (κ3) is 6.77. The molecule has 18 atom stereocenters. The molecule has 0 bridgehead atoms. The van der Waals surface area contributed by atoms with Crippen molar-refractivity contribution in [3.8, 4) is 0 Å². The number of carbonyl (C=O) groups excluding carboxylic acids is 1. The number of hydrogen-bond acceptors (Lipinski definition) is 13. The molecule has 0 spiro atoms. The highest BCUT2D eigenvalue weighted by Gasteiger charge is 2.72. The highest BCUT2D eigenvalue weighted by molar-refractivity contribution is 5.86. The van der Waals surface area contributed by atoms with E-state index in [4.69, 9.17) is 18.9 Å². The molecule has 13 heteroatoms. The largest absolute Gasteiger partial charge is 0.396 e. The van der Waals surface area contributed by atoms with E-state index in [2.05, 4.69) is 27.7 Å². The van der Waals surface area contributed by atoms with Gasteiger partial charge in [0, 0.05) is 24.4 Å². The summed E-state index contributed by atoms with van der Waals surface area (Å²) < 4.78 is 23.7. The van der Waals surface area contributed by atoms with Crippen molar-refractivity contribution in [2.24, 2.45) is 45.3 Å². The SMILES string of the molecule is CC(C)=CCC(C)(O)C1C(=O)CC2(C)C1CCC1C3(CO)CCC(OC4C(CO)OC(OCC5OCC(O)C(O)C5O)C(O)C4O)C(C)(C)C3CCC12C. The van der Waals surface area contributed by atoms with Gasteiger partial charge in [-0.15, -0.1) is 0 Å². The molecule has 13 nitrogen and oxygen atoms in total. The molecule has 0 aromatic heterocycles. The molecule has 6 fully saturated rings. The molecule has 54 heavy (non-hydrogen) atoms. The van der Waals surface area contributed by atoms with Gasteiger partial charge < -0.3 is 59.8 Å². The molecular weight excluding hydrogens is 700 g/mol. The lowest BCUT2D eigenvalue weighted by Crippen LogP contribution is -2.67. The predicted octanol–water partition coefficient (Wildman–Crippen LogP) is 1.62. The Morgan fingerprint density at radius 1 is 0.889 bits per heavy atom. The van der Waals surface area contributed by atoms with Crippen molar-refractivity contribution < 1.29 is 64.6 Å². The summed E-state index contributed by atoms with van der Waals surface area (Å²) in [5.41, 5.74) is -1.50. The van der Waals surface area contributed by atoms with Crippen LogP contribution in [-0.2, 0) is 23.7 Å². The lowest BCUT2D eigenvalue weighted by molar-refractivity contribution is -0.330. The van der Waals surface area contributed by atoms with Gasteiger partial charge in [0.05, 0.1) is 31.5 Å². The van der Waals surface area contributed by atoms with Crippen molar-refractivity contribution in [1.82, 2.24) is 0 Å². The number of Topliss-reactive ketones (excluding diaryl/α,β-unsaturated/α-hetero) is 1. The Bertz CT molecular complexity index is 1380. The second kappa shape index (κ2) is 15.3. The molecule has 2 saturated heterocycles. The smallest absolute Gasteiger partial charge is 0.186 e. The molecule has 0 aromatic rings. The van der Waals surface area contributed by atoms with Crippen LogP contribution in [0.2, 0.25) is 0 Å². The Balaban J connectivity index is 1.17. The lowest BCUT2D eigenvalue weighted by atomic mass is 9.35. The van der Waals surface area contributed by atoms with Gasteiger partial charge in [0.25, 0.3) is 0 Å². The normalized spacial score (nSPS) is 50.0. The molecule has 18 unspecified atom stereocenters. The minimum atomic E-state index is -1.57. The van der Waals surface area contributed by atoms with Crippen LogP contribution in [0.3, 0.4) is 0 Å². The van der Waals surface area contributed by atoms with E-state index in [1.807, 2.05) is 26.8 Å². The van der Waals surface area contributed by atoms with Crippen LogP contribution in [0.25, 0.3) is 0 Å². The van der Waals surface area contributed by atoms with E-state index >= 15 is 0 Å². The third-order valence-corrected chi connectivity index (χ3v) is 16.0. The Kier molecular flexibility index (Phi) is 12.0. The van der Waals surface area contributed by atoms with Gasteiger partial charge in [-0.05, 0) is 99.7 Å². The van der Waals surface area contributed by atoms with E-state index in [9.17, 15) is 45.6 Å². The van der Waals surface area contributed by atoms with E-state index < -0.39 is 90.2 Å². The van der Waals surface area contributed by atoms with Crippen molar-refractivity contribution in [1.29, 1.82) is 0 Å². The van der Waals surface area contributed by atoms with E-state index in [0.29, 0.717) is 25.7 Å². The number of hydrogen-bond donors (Lipinski definition) is 8.